The van der Waals surface area contributed by atoms with Crippen LogP contribution in [0.3, 0.4) is 0 Å². The van der Waals surface area contributed by atoms with E-state index in [2.05, 4.69) is 5.32 Å². The predicted octanol–water partition coefficient (Wildman–Crippen LogP) is -0.564. The SMILES string of the molecule is C[C@@H]1OC(=O)C[C@@H]1NC=O. The lowest BCUT2D eigenvalue weighted by Gasteiger charge is -2.09. The second-order valence-electron chi connectivity index (χ2n) is 2.29. The maximum absolute atomic E-state index is 10.6. The van der Waals surface area contributed by atoms with E-state index in [1.165, 1.54) is 0 Å². The maximum atomic E-state index is 10.6. The van der Waals surface area contributed by atoms with Crippen molar-refractivity contribution in [3.63, 3.8) is 0 Å². The number of nitrogens with one attached hydrogen (secondary N) is 1. The van der Waals surface area contributed by atoms with Crippen molar-refractivity contribution in [2.75, 3.05) is 0 Å². The van der Waals surface area contributed by atoms with Gasteiger partial charge in [-0.3, -0.25) is 9.59 Å². The van der Waals surface area contributed by atoms with E-state index < -0.39 is 0 Å². The zero-order valence-electron chi connectivity index (χ0n) is 5.66. The standard InChI is InChI=1S/C6H9NO3/c1-4-5(7-3-8)2-6(9)10-4/h3-5H,2H2,1H3,(H,7,8)/t4-,5-/m0/s1. The van der Waals surface area contributed by atoms with Crippen LogP contribution < -0.4 is 5.32 Å². The fourth-order valence-corrected chi connectivity index (χ4v) is 0.965. The summed E-state index contributed by atoms with van der Waals surface area (Å²) in [5.41, 5.74) is 0. The highest BCUT2D eigenvalue weighted by Crippen LogP contribution is 2.13. The van der Waals surface area contributed by atoms with Crippen LogP contribution in [-0.4, -0.2) is 24.5 Å². The van der Waals surface area contributed by atoms with Crippen LogP contribution in [0, 0.1) is 0 Å². The Hall–Kier alpha value is -1.06. The van der Waals surface area contributed by atoms with Gasteiger partial charge in [0.1, 0.15) is 6.10 Å². The summed E-state index contributed by atoms with van der Waals surface area (Å²) in [4.78, 5) is 20.5. The third-order valence-electron chi connectivity index (χ3n) is 1.55. The number of carbonyl (C=O) groups excluding carboxylic acids is 2. The van der Waals surface area contributed by atoms with Gasteiger partial charge in [-0.25, -0.2) is 0 Å². The van der Waals surface area contributed by atoms with Crippen LogP contribution in [0.15, 0.2) is 0 Å². The van der Waals surface area contributed by atoms with Crippen molar-refractivity contribution in [1.82, 2.24) is 5.32 Å². The molecular formula is C6H9NO3. The molecule has 1 fully saturated rings. The van der Waals surface area contributed by atoms with E-state index in [0.717, 1.165) is 0 Å². The molecule has 0 aromatic carbocycles. The van der Waals surface area contributed by atoms with Gasteiger partial charge in [-0.1, -0.05) is 0 Å². The van der Waals surface area contributed by atoms with Crippen LogP contribution in [0.5, 0.6) is 0 Å². The second-order valence-corrected chi connectivity index (χ2v) is 2.29. The van der Waals surface area contributed by atoms with Gasteiger partial charge in [-0.05, 0) is 6.92 Å². The second kappa shape index (κ2) is 2.68. The van der Waals surface area contributed by atoms with Crippen LogP contribution in [0.4, 0.5) is 0 Å². The molecule has 0 unspecified atom stereocenters. The third kappa shape index (κ3) is 1.26. The van der Waals surface area contributed by atoms with Gasteiger partial charge in [-0.2, -0.15) is 0 Å². The average Bonchev–Trinajstić information content (AvgIpc) is 2.13. The lowest BCUT2D eigenvalue weighted by atomic mass is 10.2. The van der Waals surface area contributed by atoms with Gasteiger partial charge in [0.2, 0.25) is 6.41 Å². The fourth-order valence-electron chi connectivity index (χ4n) is 0.965. The zero-order valence-corrected chi connectivity index (χ0v) is 5.66. The molecule has 1 aliphatic heterocycles. The number of carbonyl (C=O) groups is 2. The smallest absolute Gasteiger partial charge is 0.308 e. The first-order chi connectivity index (χ1) is 4.74. The average molecular weight is 143 g/mol. The first kappa shape index (κ1) is 7.05. The first-order valence-electron chi connectivity index (χ1n) is 3.13. The lowest BCUT2D eigenvalue weighted by Crippen LogP contribution is -2.33. The van der Waals surface area contributed by atoms with Gasteiger partial charge >= 0.3 is 5.97 Å². The van der Waals surface area contributed by atoms with E-state index in [1.54, 1.807) is 6.92 Å². The highest BCUT2D eigenvalue weighted by atomic mass is 16.5. The molecule has 4 heteroatoms. The minimum absolute atomic E-state index is 0.134. The third-order valence-corrected chi connectivity index (χ3v) is 1.55. The number of esters is 1. The van der Waals surface area contributed by atoms with Crippen molar-refractivity contribution in [3.05, 3.63) is 0 Å². The van der Waals surface area contributed by atoms with Gasteiger partial charge in [0.05, 0.1) is 12.5 Å². The molecule has 0 bridgehead atoms. The van der Waals surface area contributed by atoms with Crippen LogP contribution >= 0.6 is 0 Å². The van der Waals surface area contributed by atoms with Crippen molar-refractivity contribution >= 4 is 12.4 Å². The molecule has 4 nitrogen and oxygen atoms in total. The van der Waals surface area contributed by atoms with Crippen molar-refractivity contribution in [2.24, 2.45) is 0 Å². The Kier molecular flexibility index (Phi) is 1.89. The Morgan fingerprint density at radius 3 is 2.90 bits per heavy atom. The Morgan fingerprint density at radius 2 is 2.50 bits per heavy atom. The van der Waals surface area contributed by atoms with Gasteiger partial charge < -0.3 is 10.1 Å². The van der Waals surface area contributed by atoms with E-state index >= 15 is 0 Å². The van der Waals surface area contributed by atoms with E-state index in [1.807, 2.05) is 0 Å². The molecule has 2 atom stereocenters. The van der Waals surface area contributed by atoms with Crippen molar-refractivity contribution in [1.29, 1.82) is 0 Å². The zero-order chi connectivity index (χ0) is 7.56. The number of rotatable bonds is 2. The van der Waals surface area contributed by atoms with Crippen LogP contribution in [-0.2, 0) is 14.3 Å². The maximum Gasteiger partial charge on any atom is 0.308 e. The Labute approximate surface area is 58.5 Å². The lowest BCUT2D eigenvalue weighted by molar-refractivity contribution is -0.140. The predicted molar refractivity (Wildman–Crippen MR) is 33.2 cm³/mol. The monoisotopic (exact) mass is 143 g/mol. The molecule has 1 aliphatic rings. The van der Waals surface area contributed by atoms with Gasteiger partial charge in [0.15, 0.2) is 0 Å². The summed E-state index contributed by atoms with van der Waals surface area (Å²) >= 11 is 0. The van der Waals surface area contributed by atoms with Crippen LogP contribution in [0.25, 0.3) is 0 Å². The summed E-state index contributed by atoms with van der Waals surface area (Å²) in [6.45, 7) is 1.76. The van der Waals surface area contributed by atoms with Crippen molar-refractivity contribution < 1.29 is 14.3 Å². The topological polar surface area (TPSA) is 55.4 Å². The minimum Gasteiger partial charge on any atom is -0.460 e. The van der Waals surface area contributed by atoms with E-state index in [0.29, 0.717) is 12.8 Å². The number of hydrogen-bond donors (Lipinski definition) is 1. The molecule has 1 saturated heterocycles. The van der Waals surface area contributed by atoms with E-state index in [4.69, 9.17) is 4.74 Å². The number of amides is 1. The minimum atomic E-state index is -0.244. The number of cyclic esters (lactones) is 1. The fraction of sp³-hybridized carbons (Fsp3) is 0.667. The molecule has 0 radical (unpaired) electrons. The summed E-state index contributed by atoms with van der Waals surface area (Å²) in [6.07, 6.45) is 0.695. The van der Waals surface area contributed by atoms with Crippen LogP contribution in [0.1, 0.15) is 13.3 Å². The molecule has 0 saturated carbocycles. The highest BCUT2D eigenvalue weighted by molar-refractivity contribution is 5.73. The molecule has 10 heavy (non-hydrogen) atoms. The normalized spacial score (nSPS) is 31.5. The summed E-state index contributed by atoms with van der Waals surface area (Å²) in [5, 5.41) is 2.50. The molecule has 1 N–H and O–H groups in total. The molecule has 1 heterocycles. The van der Waals surface area contributed by atoms with Gasteiger partial charge in [0, 0.05) is 0 Å². The molecule has 0 aromatic heterocycles. The number of hydrogen-bond acceptors (Lipinski definition) is 3. The summed E-state index contributed by atoms with van der Waals surface area (Å²) in [7, 11) is 0. The molecule has 0 aliphatic carbocycles. The van der Waals surface area contributed by atoms with E-state index in [9.17, 15) is 9.59 Å². The Bertz CT molecular complexity index is 157. The molecule has 0 spiro atoms. The Morgan fingerprint density at radius 1 is 1.80 bits per heavy atom. The molecule has 1 rings (SSSR count). The molecule has 56 valence electrons. The van der Waals surface area contributed by atoms with Gasteiger partial charge in [0.25, 0.3) is 0 Å². The first-order valence-corrected chi connectivity index (χ1v) is 3.13. The summed E-state index contributed by atoms with van der Waals surface area (Å²) in [6, 6.07) is -0.134. The van der Waals surface area contributed by atoms with Crippen molar-refractivity contribution in [2.45, 2.75) is 25.5 Å². The summed E-state index contributed by atoms with van der Waals surface area (Å²) < 4.78 is 4.77. The quantitative estimate of drug-likeness (QED) is 0.416. The van der Waals surface area contributed by atoms with Crippen molar-refractivity contribution in [3.8, 4) is 0 Å². The molecule has 1 amide bonds. The highest BCUT2D eigenvalue weighted by Gasteiger charge is 2.30. The molecular weight excluding hydrogens is 134 g/mol. The van der Waals surface area contributed by atoms with Crippen LogP contribution in [0.2, 0.25) is 0 Å². The van der Waals surface area contributed by atoms with E-state index in [-0.39, 0.29) is 18.1 Å². The van der Waals surface area contributed by atoms with Gasteiger partial charge in [-0.15, -0.1) is 0 Å². The Balaban J connectivity index is 2.45. The molecule has 0 aromatic rings. The largest absolute Gasteiger partial charge is 0.460 e. The summed E-state index contributed by atoms with van der Waals surface area (Å²) in [5.74, 6) is -0.244. The number of ether oxygens (including phenoxy) is 1.